The molecule has 1 heterocycles. The van der Waals surface area contributed by atoms with Crippen LogP contribution in [0.15, 0.2) is 65.5 Å². The Hall–Kier alpha value is -3.19. The van der Waals surface area contributed by atoms with Crippen LogP contribution in [0.5, 0.6) is 0 Å². The molecule has 0 saturated heterocycles. The quantitative estimate of drug-likeness (QED) is 0.780. The molecular formula is C17H11N3O. The van der Waals surface area contributed by atoms with Crippen LogP contribution in [0, 0.1) is 11.3 Å². The molecule has 0 fully saturated rings. The van der Waals surface area contributed by atoms with Gasteiger partial charge in [-0.15, -0.1) is 0 Å². The first kappa shape index (κ1) is 12.8. The van der Waals surface area contributed by atoms with Gasteiger partial charge in [-0.05, 0) is 5.56 Å². The fourth-order valence-corrected chi connectivity index (χ4v) is 2.25. The Labute approximate surface area is 121 Å². The van der Waals surface area contributed by atoms with Gasteiger partial charge in [0.2, 0.25) is 0 Å². The van der Waals surface area contributed by atoms with E-state index in [-0.39, 0.29) is 5.56 Å². The largest absolute Gasteiger partial charge is 0.282 e. The monoisotopic (exact) mass is 273 g/mol. The van der Waals surface area contributed by atoms with Gasteiger partial charge in [0.1, 0.15) is 17.3 Å². The minimum Gasteiger partial charge on any atom is -0.266 e. The fraction of sp³-hybridized carbons (Fsp3) is 0. The summed E-state index contributed by atoms with van der Waals surface area (Å²) in [7, 11) is 0. The number of nitriles is 1. The first-order valence-corrected chi connectivity index (χ1v) is 6.45. The molecule has 0 spiro atoms. The number of nitrogens with one attached hydrogen (secondary N) is 1. The van der Waals surface area contributed by atoms with Crippen molar-refractivity contribution in [2.45, 2.75) is 0 Å². The Bertz CT molecular complexity index is 862. The van der Waals surface area contributed by atoms with E-state index in [0.29, 0.717) is 11.3 Å². The predicted molar refractivity (Wildman–Crippen MR) is 80.4 cm³/mol. The van der Waals surface area contributed by atoms with Crippen LogP contribution in [0.4, 0.5) is 0 Å². The van der Waals surface area contributed by atoms with Gasteiger partial charge in [-0.25, -0.2) is 5.10 Å². The molecule has 0 saturated carbocycles. The minimum atomic E-state index is -0.476. The molecule has 100 valence electrons. The summed E-state index contributed by atoms with van der Waals surface area (Å²) in [6, 6.07) is 20.8. The lowest BCUT2D eigenvalue weighted by molar-refractivity contribution is 0.990. The molecule has 4 heteroatoms. The molecule has 0 unspecified atom stereocenters. The first-order chi connectivity index (χ1) is 10.3. The summed E-state index contributed by atoms with van der Waals surface area (Å²) in [6.45, 7) is 0. The van der Waals surface area contributed by atoms with Crippen LogP contribution in [0.1, 0.15) is 5.56 Å². The Morgan fingerprint density at radius 2 is 1.48 bits per heavy atom. The maximum absolute atomic E-state index is 11.9. The zero-order valence-electron chi connectivity index (χ0n) is 11.1. The molecule has 4 nitrogen and oxygen atoms in total. The van der Waals surface area contributed by atoms with Crippen molar-refractivity contribution in [3.8, 4) is 28.5 Å². The van der Waals surface area contributed by atoms with E-state index in [0.717, 1.165) is 11.1 Å². The standard InChI is InChI=1S/C17H11N3O/c18-11-14-15(12-7-3-1-4-8-12)16(19-20-17(14)21)13-9-5-2-6-10-13/h1-10H,(H,20,21). The lowest BCUT2D eigenvalue weighted by atomic mass is 9.96. The highest BCUT2D eigenvalue weighted by atomic mass is 16.1. The van der Waals surface area contributed by atoms with Crippen molar-refractivity contribution in [3.05, 3.63) is 76.6 Å². The summed E-state index contributed by atoms with van der Waals surface area (Å²) in [5, 5.41) is 15.9. The van der Waals surface area contributed by atoms with Crippen molar-refractivity contribution in [2.24, 2.45) is 0 Å². The van der Waals surface area contributed by atoms with E-state index in [4.69, 9.17) is 0 Å². The van der Waals surface area contributed by atoms with E-state index in [9.17, 15) is 10.1 Å². The van der Waals surface area contributed by atoms with Crippen LogP contribution in [0.25, 0.3) is 22.4 Å². The van der Waals surface area contributed by atoms with Gasteiger partial charge in [-0.3, -0.25) is 4.79 Å². The molecule has 0 radical (unpaired) electrons. The first-order valence-electron chi connectivity index (χ1n) is 6.45. The van der Waals surface area contributed by atoms with Crippen molar-refractivity contribution >= 4 is 0 Å². The second kappa shape index (κ2) is 5.43. The van der Waals surface area contributed by atoms with Gasteiger partial charge in [-0.1, -0.05) is 60.7 Å². The molecule has 3 aromatic rings. The molecule has 21 heavy (non-hydrogen) atoms. The second-order valence-electron chi connectivity index (χ2n) is 4.50. The summed E-state index contributed by atoms with van der Waals surface area (Å²) in [6.07, 6.45) is 0. The number of H-pyrrole nitrogens is 1. The molecule has 0 aliphatic carbocycles. The summed E-state index contributed by atoms with van der Waals surface area (Å²) >= 11 is 0. The number of benzene rings is 2. The number of nitrogens with zero attached hydrogens (tertiary/aromatic N) is 2. The van der Waals surface area contributed by atoms with Crippen LogP contribution >= 0.6 is 0 Å². The molecular weight excluding hydrogens is 262 g/mol. The van der Waals surface area contributed by atoms with Gasteiger partial charge < -0.3 is 0 Å². The third-order valence-electron chi connectivity index (χ3n) is 3.20. The van der Waals surface area contributed by atoms with Crippen molar-refractivity contribution < 1.29 is 0 Å². The Balaban J connectivity index is 2.37. The van der Waals surface area contributed by atoms with Crippen molar-refractivity contribution in [3.63, 3.8) is 0 Å². The minimum absolute atomic E-state index is 0.0788. The molecule has 0 aliphatic rings. The molecule has 0 atom stereocenters. The normalized spacial score (nSPS) is 10.0. The van der Waals surface area contributed by atoms with Gasteiger partial charge in [0, 0.05) is 11.1 Å². The molecule has 1 aromatic heterocycles. The third kappa shape index (κ3) is 2.33. The van der Waals surface area contributed by atoms with Gasteiger partial charge >= 0.3 is 0 Å². The maximum Gasteiger partial charge on any atom is 0.282 e. The Morgan fingerprint density at radius 1 is 0.905 bits per heavy atom. The Morgan fingerprint density at radius 3 is 2.05 bits per heavy atom. The smallest absolute Gasteiger partial charge is 0.266 e. The highest BCUT2D eigenvalue weighted by Crippen LogP contribution is 2.30. The summed E-state index contributed by atoms with van der Waals surface area (Å²) in [4.78, 5) is 11.9. The van der Waals surface area contributed by atoms with Crippen LogP contribution in [0.3, 0.4) is 0 Å². The lowest BCUT2D eigenvalue weighted by Gasteiger charge is -2.09. The molecule has 2 aromatic carbocycles. The van der Waals surface area contributed by atoms with E-state index in [1.807, 2.05) is 66.7 Å². The van der Waals surface area contributed by atoms with Crippen molar-refractivity contribution in [2.75, 3.05) is 0 Å². The fourth-order valence-electron chi connectivity index (χ4n) is 2.25. The van der Waals surface area contributed by atoms with Crippen LogP contribution < -0.4 is 5.56 Å². The number of aromatic amines is 1. The lowest BCUT2D eigenvalue weighted by Crippen LogP contribution is -2.15. The number of rotatable bonds is 2. The van der Waals surface area contributed by atoms with Gasteiger partial charge in [0.25, 0.3) is 5.56 Å². The van der Waals surface area contributed by atoms with Crippen LogP contribution in [0.2, 0.25) is 0 Å². The predicted octanol–water partition coefficient (Wildman–Crippen LogP) is 2.98. The number of hydrogen-bond acceptors (Lipinski definition) is 3. The molecule has 3 rings (SSSR count). The number of hydrogen-bond donors (Lipinski definition) is 1. The van der Waals surface area contributed by atoms with Gasteiger partial charge in [-0.2, -0.15) is 10.4 Å². The van der Waals surface area contributed by atoms with E-state index < -0.39 is 5.56 Å². The average molecular weight is 273 g/mol. The van der Waals surface area contributed by atoms with E-state index >= 15 is 0 Å². The van der Waals surface area contributed by atoms with Crippen LogP contribution in [-0.2, 0) is 0 Å². The third-order valence-corrected chi connectivity index (χ3v) is 3.20. The van der Waals surface area contributed by atoms with Gasteiger partial charge in [0.05, 0.1) is 0 Å². The Kier molecular flexibility index (Phi) is 3.32. The van der Waals surface area contributed by atoms with Gasteiger partial charge in [0.15, 0.2) is 0 Å². The van der Waals surface area contributed by atoms with Crippen LogP contribution in [-0.4, -0.2) is 10.2 Å². The summed E-state index contributed by atoms with van der Waals surface area (Å²) in [5.41, 5.74) is 2.41. The van der Waals surface area contributed by atoms with E-state index in [1.54, 1.807) is 0 Å². The topological polar surface area (TPSA) is 69.5 Å². The second-order valence-corrected chi connectivity index (χ2v) is 4.50. The van der Waals surface area contributed by atoms with Crippen molar-refractivity contribution in [1.82, 2.24) is 10.2 Å². The zero-order chi connectivity index (χ0) is 14.7. The van der Waals surface area contributed by atoms with Crippen molar-refractivity contribution in [1.29, 1.82) is 5.26 Å². The average Bonchev–Trinajstić information content (AvgIpc) is 2.56. The van der Waals surface area contributed by atoms with E-state index in [2.05, 4.69) is 10.2 Å². The SMILES string of the molecule is N#Cc1c(-c2ccccc2)c(-c2ccccc2)n[nH]c1=O. The zero-order valence-corrected chi connectivity index (χ0v) is 11.1. The summed E-state index contributed by atoms with van der Waals surface area (Å²) in [5.74, 6) is 0. The summed E-state index contributed by atoms with van der Waals surface area (Å²) < 4.78 is 0. The molecule has 1 N–H and O–H groups in total. The molecule has 0 amide bonds. The highest BCUT2D eigenvalue weighted by Gasteiger charge is 2.16. The maximum atomic E-state index is 11.9. The number of aromatic nitrogens is 2. The molecule has 0 bridgehead atoms. The molecule has 0 aliphatic heterocycles. The highest BCUT2D eigenvalue weighted by molar-refractivity contribution is 5.84. The van der Waals surface area contributed by atoms with E-state index in [1.165, 1.54) is 0 Å².